The Morgan fingerprint density at radius 2 is 1.77 bits per heavy atom. The molecular weight excluding hydrogens is 172 g/mol. The van der Waals surface area contributed by atoms with Gasteiger partial charge in [-0.05, 0) is 18.2 Å². The smallest absolute Gasteiger partial charge is 0.386 e. The second-order valence-corrected chi connectivity index (χ2v) is 2.36. The molecule has 1 aromatic rings. The van der Waals surface area contributed by atoms with E-state index in [1.807, 2.05) is 0 Å². The summed E-state index contributed by atoms with van der Waals surface area (Å²) in [5, 5.41) is 10.5. The monoisotopic (exact) mass is 181 g/mol. The summed E-state index contributed by atoms with van der Waals surface area (Å²) in [4.78, 5) is 10.5. The Morgan fingerprint density at radius 1 is 1.15 bits per heavy atom. The molecule has 0 fully saturated rings. The van der Waals surface area contributed by atoms with Crippen molar-refractivity contribution in [3.05, 3.63) is 23.8 Å². The number of hydrogen-bond donors (Lipinski definition) is 0. The van der Waals surface area contributed by atoms with E-state index in [1.54, 1.807) is 0 Å². The number of methoxy groups -OCH3 is 2. The molecule has 69 valence electrons. The Hall–Kier alpha value is -1.71. The lowest BCUT2D eigenvalue weighted by Gasteiger charge is -2.06. The number of carbonyl (C=O) groups excluding carboxylic acids is 1. The average Bonchev–Trinajstić information content (AvgIpc) is 2.16. The molecule has 1 aromatic carbocycles. The molecule has 4 nitrogen and oxygen atoms in total. The summed E-state index contributed by atoms with van der Waals surface area (Å²) in [7, 11) is 2.92. The zero-order chi connectivity index (χ0) is 9.84. The molecule has 0 N–H and O–H groups in total. The van der Waals surface area contributed by atoms with Crippen molar-refractivity contribution in [1.29, 1.82) is 0 Å². The Kier molecular flexibility index (Phi) is 2.74. The van der Waals surface area contributed by atoms with Gasteiger partial charge in [0, 0.05) is 0 Å². The lowest BCUT2D eigenvalue weighted by molar-refractivity contribution is 0.0572. The van der Waals surface area contributed by atoms with Crippen LogP contribution in [0.3, 0.4) is 0 Å². The van der Waals surface area contributed by atoms with Gasteiger partial charge >= 0.3 is 5.97 Å². The molecule has 0 heterocycles. The van der Waals surface area contributed by atoms with Crippen molar-refractivity contribution in [2.45, 2.75) is 0 Å². The zero-order valence-corrected chi connectivity index (χ0v) is 7.37. The molecule has 4 heteroatoms. The van der Waals surface area contributed by atoms with Crippen molar-refractivity contribution in [1.82, 2.24) is 0 Å². The molecule has 0 amide bonds. The standard InChI is InChI=1S/C9H9O4/c1-12-7-4-3-6(9(10)11)5-8(7)13-2/h3-5H,1-2H3. The third-order valence-electron chi connectivity index (χ3n) is 1.62. The first-order chi connectivity index (χ1) is 6.19. The fraction of sp³-hybridized carbons (Fsp3) is 0.222. The molecule has 0 aliphatic heterocycles. The first-order valence-electron chi connectivity index (χ1n) is 3.62. The van der Waals surface area contributed by atoms with E-state index in [1.165, 1.54) is 32.4 Å². The first-order valence-corrected chi connectivity index (χ1v) is 3.62. The molecule has 0 aliphatic rings. The van der Waals surface area contributed by atoms with Gasteiger partial charge in [-0.15, -0.1) is 0 Å². The molecule has 0 saturated carbocycles. The highest BCUT2D eigenvalue weighted by atomic mass is 16.5. The molecule has 1 rings (SSSR count). The van der Waals surface area contributed by atoms with Crippen LogP contribution in [0.4, 0.5) is 0 Å². The van der Waals surface area contributed by atoms with Crippen molar-refractivity contribution in [2.24, 2.45) is 0 Å². The third-order valence-corrected chi connectivity index (χ3v) is 1.62. The van der Waals surface area contributed by atoms with E-state index in [0.29, 0.717) is 11.5 Å². The minimum atomic E-state index is -1.24. The summed E-state index contributed by atoms with van der Waals surface area (Å²) in [5.74, 6) is -0.363. The topological polar surface area (TPSA) is 55.4 Å². The zero-order valence-electron chi connectivity index (χ0n) is 7.37. The quantitative estimate of drug-likeness (QED) is 0.705. The summed E-state index contributed by atoms with van der Waals surface area (Å²) in [6.07, 6.45) is 0. The van der Waals surface area contributed by atoms with Crippen LogP contribution in [0.15, 0.2) is 18.2 Å². The fourth-order valence-electron chi connectivity index (χ4n) is 0.963. The molecule has 0 aromatic heterocycles. The lowest BCUT2D eigenvalue weighted by Crippen LogP contribution is -1.97. The number of ether oxygens (including phenoxy) is 2. The maximum atomic E-state index is 10.5. The lowest BCUT2D eigenvalue weighted by atomic mass is 10.2. The van der Waals surface area contributed by atoms with E-state index in [0.717, 1.165) is 0 Å². The van der Waals surface area contributed by atoms with Crippen LogP contribution >= 0.6 is 0 Å². The Balaban J connectivity index is 3.13. The summed E-state index contributed by atoms with van der Waals surface area (Å²) >= 11 is 0. The summed E-state index contributed by atoms with van der Waals surface area (Å²) < 4.78 is 9.84. The molecule has 0 saturated heterocycles. The predicted octanol–water partition coefficient (Wildman–Crippen LogP) is 1.27. The number of rotatable bonds is 3. The van der Waals surface area contributed by atoms with E-state index in [2.05, 4.69) is 0 Å². The third kappa shape index (κ3) is 1.90. The van der Waals surface area contributed by atoms with Gasteiger partial charge in [0.25, 0.3) is 0 Å². The van der Waals surface area contributed by atoms with Crippen LogP contribution in [-0.4, -0.2) is 20.2 Å². The summed E-state index contributed by atoms with van der Waals surface area (Å²) in [5.41, 5.74) is 0.0673. The van der Waals surface area contributed by atoms with Gasteiger partial charge in [-0.3, -0.25) is 0 Å². The van der Waals surface area contributed by atoms with Crippen LogP contribution < -0.4 is 9.47 Å². The highest BCUT2D eigenvalue weighted by Crippen LogP contribution is 2.27. The summed E-state index contributed by atoms with van der Waals surface area (Å²) in [6, 6.07) is 4.27. The van der Waals surface area contributed by atoms with Crippen LogP contribution in [0.5, 0.6) is 11.5 Å². The maximum absolute atomic E-state index is 10.5. The van der Waals surface area contributed by atoms with Crippen LogP contribution in [-0.2, 0) is 5.11 Å². The van der Waals surface area contributed by atoms with Gasteiger partial charge in [0.15, 0.2) is 11.5 Å². The number of hydrogen-bond acceptors (Lipinski definition) is 3. The Morgan fingerprint density at radius 3 is 2.23 bits per heavy atom. The fourth-order valence-corrected chi connectivity index (χ4v) is 0.963. The van der Waals surface area contributed by atoms with Gasteiger partial charge in [0.1, 0.15) is 0 Å². The molecule has 0 spiro atoms. The van der Waals surface area contributed by atoms with Crippen molar-refractivity contribution >= 4 is 5.97 Å². The Bertz CT molecular complexity index is 319. The van der Waals surface area contributed by atoms with E-state index in [4.69, 9.17) is 9.47 Å². The predicted molar refractivity (Wildman–Crippen MR) is 44.6 cm³/mol. The SMILES string of the molecule is COc1ccc(C([O])=O)cc1OC. The van der Waals surface area contributed by atoms with Gasteiger partial charge in [-0.1, -0.05) is 0 Å². The largest absolute Gasteiger partial charge is 0.493 e. The highest BCUT2D eigenvalue weighted by molar-refractivity contribution is 5.88. The van der Waals surface area contributed by atoms with Crippen molar-refractivity contribution in [3.8, 4) is 11.5 Å². The number of carbonyl (C=O) groups is 1. The van der Waals surface area contributed by atoms with Crippen molar-refractivity contribution < 1.29 is 19.4 Å². The van der Waals surface area contributed by atoms with E-state index < -0.39 is 5.97 Å². The van der Waals surface area contributed by atoms with Crippen LogP contribution in [0.25, 0.3) is 0 Å². The van der Waals surface area contributed by atoms with Gasteiger partial charge in [0.05, 0.1) is 19.8 Å². The molecule has 0 unspecified atom stereocenters. The van der Waals surface area contributed by atoms with Gasteiger partial charge in [-0.2, -0.15) is 0 Å². The molecule has 0 bridgehead atoms. The summed E-state index contributed by atoms with van der Waals surface area (Å²) in [6.45, 7) is 0. The second-order valence-electron chi connectivity index (χ2n) is 2.36. The minimum Gasteiger partial charge on any atom is -0.493 e. The molecular formula is C9H9O4. The maximum Gasteiger partial charge on any atom is 0.386 e. The van der Waals surface area contributed by atoms with Crippen LogP contribution in [0.2, 0.25) is 0 Å². The normalized spacial score (nSPS) is 9.38. The van der Waals surface area contributed by atoms with Crippen molar-refractivity contribution in [3.63, 3.8) is 0 Å². The minimum absolute atomic E-state index is 0.0673. The molecule has 0 atom stereocenters. The average molecular weight is 181 g/mol. The van der Waals surface area contributed by atoms with Gasteiger partial charge in [0.2, 0.25) is 0 Å². The van der Waals surface area contributed by atoms with Crippen LogP contribution in [0, 0.1) is 0 Å². The van der Waals surface area contributed by atoms with E-state index in [-0.39, 0.29) is 5.56 Å². The molecule has 13 heavy (non-hydrogen) atoms. The number of benzene rings is 1. The molecule has 1 radical (unpaired) electrons. The van der Waals surface area contributed by atoms with E-state index >= 15 is 0 Å². The highest BCUT2D eigenvalue weighted by Gasteiger charge is 2.09. The Labute approximate surface area is 75.7 Å². The van der Waals surface area contributed by atoms with Crippen LogP contribution in [0.1, 0.15) is 10.4 Å². The van der Waals surface area contributed by atoms with Crippen molar-refractivity contribution in [2.75, 3.05) is 14.2 Å². The van der Waals surface area contributed by atoms with Gasteiger partial charge < -0.3 is 9.47 Å². The van der Waals surface area contributed by atoms with Gasteiger partial charge in [-0.25, -0.2) is 9.90 Å². The van der Waals surface area contributed by atoms with E-state index in [9.17, 15) is 9.90 Å². The molecule has 0 aliphatic carbocycles. The first kappa shape index (κ1) is 9.38. The second kappa shape index (κ2) is 3.80.